The Hall–Kier alpha value is -1.66. The van der Waals surface area contributed by atoms with E-state index in [4.69, 9.17) is 21.1 Å². The molecule has 0 saturated heterocycles. The Kier molecular flexibility index (Phi) is 6.24. The van der Waals surface area contributed by atoms with Crippen molar-refractivity contribution in [1.29, 1.82) is 0 Å². The number of rotatable bonds is 7. The summed E-state index contributed by atoms with van der Waals surface area (Å²) < 4.78 is 10.1. The molecule has 0 aromatic heterocycles. The summed E-state index contributed by atoms with van der Waals surface area (Å²) in [5.74, 6) is -0.700. The quantitative estimate of drug-likeness (QED) is 0.333. The van der Waals surface area contributed by atoms with Crippen LogP contribution in [0.1, 0.15) is 23.7 Å². The smallest absolute Gasteiger partial charge is 0.339 e. The average Bonchev–Trinajstić information content (AvgIpc) is 2.38. The van der Waals surface area contributed by atoms with Gasteiger partial charge >= 0.3 is 5.97 Å². The minimum absolute atomic E-state index is 0.0219. The maximum atomic E-state index is 11.7. The number of nitro groups is 1. The van der Waals surface area contributed by atoms with Crippen LogP contribution in [0.3, 0.4) is 0 Å². The standard InChI is InChI=1S/C12H14ClNO5/c1-2-6-18-7-8-19-12(15)9-4-3-5-10(11(9)13)14(16)17/h3-5H,2,6-8H2,1H3. The summed E-state index contributed by atoms with van der Waals surface area (Å²) in [6.45, 7) is 2.92. The van der Waals surface area contributed by atoms with Crippen molar-refractivity contribution in [3.05, 3.63) is 38.9 Å². The van der Waals surface area contributed by atoms with Gasteiger partial charge < -0.3 is 9.47 Å². The third-order valence-corrected chi connectivity index (χ3v) is 2.60. The first-order chi connectivity index (χ1) is 9.07. The van der Waals surface area contributed by atoms with Crippen molar-refractivity contribution < 1.29 is 19.2 Å². The fraction of sp³-hybridized carbons (Fsp3) is 0.417. The minimum Gasteiger partial charge on any atom is -0.460 e. The van der Waals surface area contributed by atoms with Gasteiger partial charge in [0.15, 0.2) is 0 Å². The third-order valence-electron chi connectivity index (χ3n) is 2.20. The Balaban J connectivity index is 2.62. The number of esters is 1. The van der Waals surface area contributed by atoms with Crippen molar-refractivity contribution in [3.63, 3.8) is 0 Å². The number of nitrogens with zero attached hydrogens (tertiary/aromatic N) is 1. The number of ether oxygens (including phenoxy) is 2. The van der Waals surface area contributed by atoms with Crippen LogP contribution in [0.2, 0.25) is 5.02 Å². The highest BCUT2D eigenvalue weighted by Gasteiger charge is 2.20. The summed E-state index contributed by atoms with van der Waals surface area (Å²) in [5, 5.41) is 10.5. The fourth-order valence-electron chi connectivity index (χ4n) is 1.34. The van der Waals surface area contributed by atoms with Crippen molar-refractivity contribution in [2.75, 3.05) is 19.8 Å². The van der Waals surface area contributed by atoms with E-state index in [0.717, 1.165) is 6.42 Å². The topological polar surface area (TPSA) is 78.7 Å². The van der Waals surface area contributed by atoms with E-state index < -0.39 is 10.9 Å². The average molecular weight is 288 g/mol. The molecule has 0 spiro atoms. The molecule has 0 atom stereocenters. The number of hydrogen-bond acceptors (Lipinski definition) is 5. The molecule has 1 aromatic carbocycles. The molecule has 0 aliphatic rings. The summed E-state index contributed by atoms with van der Waals surface area (Å²) in [6, 6.07) is 3.99. The molecule has 0 radical (unpaired) electrons. The second-order valence-corrected chi connectivity index (χ2v) is 4.02. The van der Waals surface area contributed by atoms with Crippen LogP contribution in [0.4, 0.5) is 5.69 Å². The first-order valence-electron chi connectivity index (χ1n) is 5.75. The minimum atomic E-state index is -0.700. The van der Waals surface area contributed by atoms with E-state index in [9.17, 15) is 14.9 Å². The van der Waals surface area contributed by atoms with E-state index in [1.54, 1.807) is 0 Å². The summed E-state index contributed by atoms with van der Waals surface area (Å²) in [7, 11) is 0. The van der Waals surface area contributed by atoms with Crippen LogP contribution in [-0.4, -0.2) is 30.7 Å². The highest BCUT2D eigenvalue weighted by molar-refractivity contribution is 6.35. The highest BCUT2D eigenvalue weighted by atomic mass is 35.5. The van der Waals surface area contributed by atoms with Gasteiger partial charge in [-0.1, -0.05) is 24.6 Å². The molecule has 6 nitrogen and oxygen atoms in total. The van der Waals surface area contributed by atoms with Gasteiger partial charge in [-0.2, -0.15) is 0 Å². The molecule has 0 N–H and O–H groups in total. The molecule has 7 heteroatoms. The number of carbonyl (C=O) groups excluding carboxylic acids is 1. The van der Waals surface area contributed by atoms with E-state index in [0.29, 0.717) is 6.61 Å². The maximum absolute atomic E-state index is 11.7. The van der Waals surface area contributed by atoms with Crippen LogP contribution in [0.5, 0.6) is 0 Å². The zero-order valence-electron chi connectivity index (χ0n) is 10.4. The number of hydrogen-bond donors (Lipinski definition) is 0. The van der Waals surface area contributed by atoms with Crippen molar-refractivity contribution in [2.45, 2.75) is 13.3 Å². The van der Waals surface area contributed by atoms with Gasteiger partial charge in [0.2, 0.25) is 0 Å². The molecular weight excluding hydrogens is 274 g/mol. The van der Waals surface area contributed by atoms with E-state index in [-0.39, 0.29) is 29.5 Å². The van der Waals surface area contributed by atoms with Gasteiger partial charge in [0.1, 0.15) is 11.6 Å². The van der Waals surface area contributed by atoms with Crippen LogP contribution < -0.4 is 0 Å². The Morgan fingerprint density at radius 1 is 1.37 bits per heavy atom. The number of carbonyl (C=O) groups is 1. The van der Waals surface area contributed by atoms with Gasteiger partial charge in [-0.05, 0) is 12.5 Å². The van der Waals surface area contributed by atoms with Crippen LogP contribution in [0.15, 0.2) is 18.2 Å². The number of nitro benzene ring substituents is 1. The molecule has 0 aliphatic carbocycles. The van der Waals surface area contributed by atoms with Gasteiger partial charge in [-0.3, -0.25) is 10.1 Å². The predicted molar refractivity (Wildman–Crippen MR) is 69.5 cm³/mol. The largest absolute Gasteiger partial charge is 0.460 e. The molecule has 0 fully saturated rings. The maximum Gasteiger partial charge on any atom is 0.339 e. The van der Waals surface area contributed by atoms with Gasteiger partial charge in [-0.25, -0.2) is 4.79 Å². The molecule has 0 bridgehead atoms. The molecule has 1 rings (SSSR count). The van der Waals surface area contributed by atoms with Crippen LogP contribution in [-0.2, 0) is 9.47 Å². The second kappa shape index (κ2) is 7.70. The van der Waals surface area contributed by atoms with Gasteiger partial charge in [0.05, 0.1) is 17.1 Å². The molecule has 0 amide bonds. The molecule has 19 heavy (non-hydrogen) atoms. The monoisotopic (exact) mass is 287 g/mol. The lowest BCUT2D eigenvalue weighted by atomic mass is 10.2. The molecule has 0 aliphatic heterocycles. The van der Waals surface area contributed by atoms with Crippen molar-refractivity contribution >= 4 is 23.3 Å². The van der Waals surface area contributed by atoms with E-state index in [1.807, 2.05) is 6.92 Å². The van der Waals surface area contributed by atoms with Crippen molar-refractivity contribution in [1.82, 2.24) is 0 Å². The van der Waals surface area contributed by atoms with Crippen LogP contribution in [0.25, 0.3) is 0 Å². The zero-order valence-corrected chi connectivity index (χ0v) is 11.2. The number of halogens is 1. The molecule has 0 saturated carbocycles. The SMILES string of the molecule is CCCOCCOC(=O)c1cccc([N+](=O)[O-])c1Cl. The first kappa shape index (κ1) is 15.4. The molecule has 1 aromatic rings. The normalized spacial score (nSPS) is 10.2. The third kappa shape index (κ3) is 4.50. The Bertz CT molecular complexity index is 463. The molecule has 0 heterocycles. The summed E-state index contributed by atoms with van der Waals surface area (Å²) in [4.78, 5) is 21.7. The predicted octanol–water partition coefficient (Wildman–Crippen LogP) is 2.83. The summed E-state index contributed by atoms with van der Waals surface area (Å²) >= 11 is 5.79. The Labute approximate surface area is 115 Å². The number of benzene rings is 1. The lowest BCUT2D eigenvalue weighted by Gasteiger charge is -2.06. The fourth-order valence-corrected chi connectivity index (χ4v) is 1.61. The summed E-state index contributed by atoms with van der Waals surface area (Å²) in [5.41, 5.74) is -0.343. The van der Waals surface area contributed by atoms with Crippen LogP contribution in [0, 0.1) is 10.1 Å². The van der Waals surface area contributed by atoms with Gasteiger partial charge in [-0.15, -0.1) is 0 Å². The molecule has 104 valence electrons. The molecule has 0 unspecified atom stereocenters. The van der Waals surface area contributed by atoms with Gasteiger partial charge in [0, 0.05) is 12.7 Å². The van der Waals surface area contributed by atoms with E-state index >= 15 is 0 Å². The molecular formula is C12H14ClNO5. The van der Waals surface area contributed by atoms with Crippen molar-refractivity contribution in [3.8, 4) is 0 Å². The zero-order chi connectivity index (χ0) is 14.3. The van der Waals surface area contributed by atoms with Gasteiger partial charge in [0.25, 0.3) is 5.69 Å². The lowest BCUT2D eigenvalue weighted by Crippen LogP contribution is -2.12. The first-order valence-corrected chi connectivity index (χ1v) is 6.13. The Morgan fingerprint density at radius 2 is 2.11 bits per heavy atom. The summed E-state index contributed by atoms with van der Waals surface area (Å²) in [6.07, 6.45) is 0.880. The van der Waals surface area contributed by atoms with E-state index in [2.05, 4.69) is 0 Å². The lowest BCUT2D eigenvalue weighted by molar-refractivity contribution is -0.384. The van der Waals surface area contributed by atoms with E-state index in [1.165, 1.54) is 18.2 Å². The Morgan fingerprint density at radius 3 is 2.74 bits per heavy atom. The second-order valence-electron chi connectivity index (χ2n) is 3.64. The van der Waals surface area contributed by atoms with Crippen LogP contribution >= 0.6 is 11.6 Å². The highest BCUT2D eigenvalue weighted by Crippen LogP contribution is 2.28. The van der Waals surface area contributed by atoms with Crippen molar-refractivity contribution in [2.24, 2.45) is 0 Å².